The number of pyridine rings is 1. The van der Waals surface area contributed by atoms with Crippen molar-refractivity contribution in [3.63, 3.8) is 0 Å². The van der Waals surface area contributed by atoms with E-state index < -0.39 is 0 Å². The van der Waals surface area contributed by atoms with Gasteiger partial charge in [0.2, 0.25) is 0 Å². The van der Waals surface area contributed by atoms with E-state index in [1.807, 2.05) is 0 Å². The second-order valence-corrected chi connectivity index (χ2v) is 4.12. The second-order valence-electron chi connectivity index (χ2n) is 3.71. The number of nitrogens with two attached hydrogens (primary N) is 1. The van der Waals surface area contributed by atoms with Gasteiger partial charge >= 0.3 is 0 Å². The fourth-order valence-electron chi connectivity index (χ4n) is 1.42. The second kappa shape index (κ2) is 5.80. The van der Waals surface area contributed by atoms with Crippen molar-refractivity contribution in [1.82, 2.24) is 4.98 Å². The molecule has 5 heteroatoms. The summed E-state index contributed by atoms with van der Waals surface area (Å²) < 4.78 is 18.3. The molecule has 1 heterocycles. The highest BCUT2D eigenvalue weighted by Gasteiger charge is 2.03. The van der Waals surface area contributed by atoms with Gasteiger partial charge in [-0.15, -0.1) is 0 Å². The third kappa shape index (κ3) is 3.18. The van der Waals surface area contributed by atoms with Crippen LogP contribution in [0.1, 0.15) is 11.3 Å². The quantitative estimate of drug-likeness (QED) is 0.926. The van der Waals surface area contributed by atoms with Crippen molar-refractivity contribution < 1.29 is 9.13 Å². The van der Waals surface area contributed by atoms with Crippen LogP contribution in [0.15, 0.2) is 36.5 Å². The summed E-state index contributed by atoms with van der Waals surface area (Å²) in [5.74, 6) is 0.255. The minimum Gasteiger partial charge on any atom is -0.487 e. The molecule has 0 saturated carbocycles. The average molecular weight is 267 g/mol. The van der Waals surface area contributed by atoms with Gasteiger partial charge in [-0.25, -0.2) is 4.39 Å². The highest BCUT2D eigenvalue weighted by atomic mass is 35.5. The molecule has 1 aromatic carbocycles. The number of hydrogen-bond donors (Lipinski definition) is 1. The van der Waals surface area contributed by atoms with Crippen LogP contribution in [0.3, 0.4) is 0 Å². The molecule has 0 atom stereocenters. The Labute approximate surface area is 109 Å². The van der Waals surface area contributed by atoms with Crippen molar-refractivity contribution in [1.29, 1.82) is 0 Å². The fraction of sp³-hybridized carbons (Fsp3) is 0.154. The van der Waals surface area contributed by atoms with Crippen LogP contribution < -0.4 is 10.5 Å². The minimum absolute atomic E-state index is 0.267. The van der Waals surface area contributed by atoms with E-state index >= 15 is 0 Å². The van der Waals surface area contributed by atoms with Crippen molar-refractivity contribution >= 4 is 11.6 Å². The number of halogens is 2. The lowest BCUT2D eigenvalue weighted by Gasteiger charge is -2.08. The maximum Gasteiger partial charge on any atom is 0.138 e. The molecule has 0 fully saturated rings. The third-order valence-electron chi connectivity index (χ3n) is 2.42. The predicted molar refractivity (Wildman–Crippen MR) is 67.9 cm³/mol. The van der Waals surface area contributed by atoms with E-state index in [2.05, 4.69) is 4.98 Å². The molecule has 18 heavy (non-hydrogen) atoms. The minimum atomic E-state index is -0.363. The van der Waals surface area contributed by atoms with Crippen LogP contribution in [0.2, 0.25) is 5.02 Å². The van der Waals surface area contributed by atoms with Crippen molar-refractivity contribution in [2.45, 2.75) is 13.2 Å². The van der Waals surface area contributed by atoms with Crippen LogP contribution in [0.25, 0.3) is 0 Å². The Morgan fingerprint density at radius 3 is 2.72 bits per heavy atom. The first-order valence-corrected chi connectivity index (χ1v) is 5.78. The Morgan fingerprint density at radius 1 is 1.28 bits per heavy atom. The molecule has 0 aliphatic heterocycles. The SMILES string of the molecule is NCc1ccc(OCc2ccc(F)cc2Cl)cn1. The Hall–Kier alpha value is -1.65. The normalized spacial score (nSPS) is 10.4. The topological polar surface area (TPSA) is 48.1 Å². The summed E-state index contributed by atoms with van der Waals surface area (Å²) in [5.41, 5.74) is 6.96. The van der Waals surface area contributed by atoms with E-state index in [9.17, 15) is 4.39 Å². The van der Waals surface area contributed by atoms with Gasteiger partial charge in [-0.1, -0.05) is 17.7 Å². The van der Waals surface area contributed by atoms with Gasteiger partial charge in [0.05, 0.1) is 16.9 Å². The predicted octanol–water partition coefficient (Wildman–Crippen LogP) is 2.91. The summed E-state index contributed by atoms with van der Waals surface area (Å²) in [6.45, 7) is 0.660. The molecule has 0 aliphatic carbocycles. The van der Waals surface area contributed by atoms with Crippen molar-refractivity contribution in [2.24, 2.45) is 5.73 Å². The van der Waals surface area contributed by atoms with Crippen LogP contribution in [-0.4, -0.2) is 4.98 Å². The van der Waals surface area contributed by atoms with Crippen LogP contribution in [0, 0.1) is 5.82 Å². The van der Waals surface area contributed by atoms with E-state index in [1.54, 1.807) is 24.4 Å². The lowest BCUT2D eigenvalue weighted by Crippen LogP contribution is -2.00. The Bertz CT molecular complexity index is 531. The summed E-state index contributed by atoms with van der Waals surface area (Å²) in [4.78, 5) is 4.10. The highest BCUT2D eigenvalue weighted by Crippen LogP contribution is 2.19. The summed E-state index contributed by atoms with van der Waals surface area (Å²) in [7, 11) is 0. The Kier molecular flexibility index (Phi) is 4.12. The molecular weight excluding hydrogens is 255 g/mol. The standard InChI is InChI=1S/C13H12ClFN2O/c14-13-5-10(15)2-1-9(13)8-18-12-4-3-11(6-16)17-7-12/h1-5,7H,6,8,16H2. The molecule has 0 aliphatic rings. The monoisotopic (exact) mass is 266 g/mol. The van der Waals surface area contributed by atoms with Gasteiger partial charge in [0, 0.05) is 12.1 Å². The number of benzene rings is 1. The third-order valence-corrected chi connectivity index (χ3v) is 2.77. The van der Waals surface area contributed by atoms with E-state index in [0.29, 0.717) is 17.3 Å². The van der Waals surface area contributed by atoms with Crippen LogP contribution in [0.5, 0.6) is 5.75 Å². The molecule has 0 radical (unpaired) electrons. The molecular formula is C13H12ClFN2O. The van der Waals surface area contributed by atoms with Gasteiger partial charge in [-0.05, 0) is 24.3 Å². The molecule has 2 rings (SSSR count). The zero-order chi connectivity index (χ0) is 13.0. The maximum absolute atomic E-state index is 12.8. The molecule has 2 N–H and O–H groups in total. The maximum atomic E-state index is 12.8. The van der Waals surface area contributed by atoms with Crippen LogP contribution in [0.4, 0.5) is 4.39 Å². The smallest absolute Gasteiger partial charge is 0.138 e. The molecule has 0 spiro atoms. The zero-order valence-electron chi connectivity index (χ0n) is 9.57. The van der Waals surface area contributed by atoms with Crippen molar-refractivity contribution in [2.75, 3.05) is 0 Å². The van der Waals surface area contributed by atoms with Crippen molar-refractivity contribution in [3.05, 3.63) is 58.6 Å². The molecule has 3 nitrogen and oxygen atoms in total. The zero-order valence-corrected chi connectivity index (χ0v) is 10.3. The summed E-state index contributed by atoms with van der Waals surface area (Å²) in [5, 5.41) is 0.349. The summed E-state index contributed by atoms with van der Waals surface area (Å²) in [6, 6.07) is 7.78. The largest absolute Gasteiger partial charge is 0.487 e. The lowest BCUT2D eigenvalue weighted by molar-refractivity contribution is 0.304. The fourth-order valence-corrected chi connectivity index (χ4v) is 1.64. The number of aromatic nitrogens is 1. The molecule has 1 aromatic heterocycles. The molecule has 0 bridgehead atoms. The first kappa shape index (κ1) is 12.8. The van der Waals surface area contributed by atoms with Crippen LogP contribution >= 0.6 is 11.6 Å². The number of rotatable bonds is 4. The van der Waals surface area contributed by atoms with E-state index in [0.717, 1.165) is 11.3 Å². The summed E-state index contributed by atoms with van der Waals surface area (Å²) >= 11 is 5.89. The van der Waals surface area contributed by atoms with E-state index in [1.165, 1.54) is 12.1 Å². The summed E-state index contributed by atoms with van der Waals surface area (Å²) in [6.07, 6.45) is 1.60. The molecule has 0 amide bonds. The van der Waals surface area contributed by atoms with Gasteiger partial charge in [0.1, 0.15) is 18.2 Å². The van der Waals surface area contributed by atoms with Crippen LogP contribution in [-0.2, 0) is 13.2 Å². The molecule has 2 aromatic rings. The van der Waals surface area contributed by atoms with Gasteiger partial charge < -0.3 is 10.5 Å². The highest BCUT2D eigenvalue weighted by molar-refractivity contribution is 6.31. The Balaban J connectivity index is 2.02. The van der Waals surface area contributed by atoms with Gasteiger partial charge in [-0.2, -0.15) is 0 Å². The number of nitrogens with zero attached hydrogens (tertiary/aromatic N) is 1. The number of ether oxygens (including phenoxy) is 1. The molecule has 0 saturated heterocycles. The average Bonchev–Trinajstić information content (AvgIpc) is 2.38. The molecule has 94 valence electrons. The Morgan fingerprint density at radius 2 is 2.11 bits per heavy atom. The molecule has 0 unspecified atom stereocenters. The van der Waals surface area contributed by atoms with Gasteiger partial charge in [0.15, 0.2) is 0 Å². The van der Waals surface area contributed by atoms with E-state index in [-0.39, 0.29) is 12.4 Å². The lowest BCUT2D eigenvalue weighted by atomic mass is 10.2. The van der Waals surface area contributed by atoms with Gasteiger partial charge in [-0.3, -0.25) is 4.98 Å². The van der Waals surface area contributed by atoms with Crippen molar-refractivity contribution in [3.8, 4) is 5.75 Å². The first-order chi connectivity index (χ1) is 8.69. The first-order valence-electron chi connectivity index (χ1n) is 5.41. The van der Waals surface area contributed by atoms with E-state index in [4.69, 9.17) is 22.1 Å². The van der Waals surface area contributed by atoms with Gasteiger partial charge in [0.25, 0.3) is 0 Å². The number of hydrogen-bond acceptors (Lipinski definition) is 3.